The van der Waals surface area contributed by atoms with Gasteiger partial charge in [-0.1, -0.05) is 30.1 Å². The average molecular weight is 260 g/mol. The Balaban J connectivity index is 2.08. The molecule has 0 radical (unpaired) electrons. The molecule has 0 N–H and O–H groups in total. The van der Waals surface area contributed by atoms with Gasteiger partial charge in [0.15, 0.2) is 0 Å². The van der Waals surface area contributed by atoms with E-state index < -0.39 is 0 Å². The standard InChI is InChI=1S/C11H15Cl2N3/c1-2-16-5-3-8(4-6-16)11-14-9(12)7-10(13)15-11/h7-8H,2-6H2,1H3. The quantitative estimate of drug-likeness (QED) is 0.765. The molecule has 0 unspecified atom stereocenters. The minimum Gasteiger partial charge on any atom is -0.304 e. The lowest BCUT2D eigenvalue weighted by Crippen LogP contribution is -2.33. The summed E-state index contributed by atoms with van der Waals surface area (Å²) in [5, 5.41) is 0.876. The third-order valence-electron chi connectivity index (χ3n) is 3.08. The van der Waals surface area contributed by atoms with E-state index in [1.807, 2.05) is 0 Å². The van der Waals surface area contributed by atoms with Crippen molar-refractivity contribution in [1.82, 2.24) is 14.9 Å². The second-order valence-corrected chi connectivity index (χ2v) is 4.85. The van der Waals surface area contributed by atoms with Crippen molar-refractivity contribution in [2.75, 3.05) is 19.6 Å². The van der Waals surface area contributed by atoms with E-state index in [0.29, 0.717) is 16.2 Å². The van der Waals surface area contributed by atoms with Gasteiger partial charge in [0.2, 0.25) is 0 Å². The van der Waals surface area contributed by atoms with Crippen molar-refractivity contribution < 1.29 is 0 Å². The van der Waals surface area contributed by atoms with E-state index in [4.69, 9.17) is 23.2 Å². The molecule has 0 saturated carbocycles. The van der Waals surface area contributed by atoms with Gasteiger partial charge in [-0.05, 0) is 32.5 Å². The summed E-state index contributed by atoms with van der Waals surface area (Å²) in [5.41, 5.74) is 0. The average Bonchev–Trinajstić information content (AvgIpc) is 2.28. The van der Waals surface area contributed by atoms with Gasteiger partial charge in [0, 0.05) is 12.0 Å². The van der Waals surface area contributed by atoms with E-state index in [2.05, 4.69) is 21.8 Å². The van der Waals surface area contributed by atoms with E-state index in [0.717, 1.165) is 38.3 Å². The first-order valence-corrected chi connectivity index (χ1v) is 6.37. The van der Waals surface area contributed by atoms with E-state index in [1.54, 1.807) is 6.07 Å². The molecule has 0 bridgehead atoms. The molecular formula is C11H15Cl2N3. The second kappa shape index (κ2) is 5.30. The number of aromatic nitrogens is 2. The number of hydrogen-bond acceptors (Lipinski definition) is 3. The van der Waals surface area contributed by atoms with Gasteiger partial charge in [-0.3, -0.25) is 0 Å². The Morgan fingerprint density at radius 1 is 1.25 bits per heavy atom. The third-order valence-corrected chi connectivity index (χ3v) is 3.47. The Hall–Kier alpha value is -0.380. The van der Waals surface area contributed by atoms with Crippen molar-refractivity contribution in [3.63, 3.8) is 0 Å². The maximum Gasteiger partial charge on any atom is 0.134 e. The van der Waals surface area contributed by atoms with Crippen molar-refractivity contribution in [1.29, 1.82) is 0 Å². The molecular weight excluding hydrogens is 245 g/mol. The zero-order valence-electron chi connectivity index (χ0n) is 9.29. The molecule has 1 saturated heterocycles. The number of likely N-dealkylation sites (tertiary alicyclic amines) is 1. The lowest BCUT2D eigenvalue weighted by molar-refractivity contribution is 0.219. The number of nitrogens with zero attached hydrogens (tertiary/aromatic N) is 3. The number of piperidine rings is 1. The monoisotopic (exact) mass is 259 g/mol. The minimum absolute atomic E-state index is 0.402. The van der Waals surface area contributed by atoms with Gasteiger partial charge in [-0.25, -0.2) is 9.97 Å². The summed E-state index contributed by atoms with van der Waals surface area (Å²) in [5.74, 6) is 1.20. The fourth-order valence-corrected chi connectivity index (χ4v) is 2.53. The van der Waals surface area contributed by atoms with E-state index in [1.165, 1.54) is 0 Å². The van der Waals surface area contributed by atoms with Gasteiger partial charge in [0.25, 0.3) is 0 Å². The second-order valence-electron chi connectivity index (χ2n) is 4.08. The van der Waals surface area contributed by atoms with Crippen LogP contribution in [0.15, 0.2) is 6.07 Å². The number of halogens is 2. The van der Waals surface area contributed by atoms with Crippen LogP contribution < -0.4 is 0 Å². The minimum atomic E-state index is 0.402. The molecule has 0 atom stereocenters. The van der Waals surface area contributed by atoms with E-state index in [9.17, 15) is 0 Å². The highest BCUT2D eigenvalue weighted by molar-refractivity contribution is 6.33. The predicted molar refractivity (Wildman–Crippen MR) is 66.1 cm³/mol. The normalized spacial score (nSPS) is 18.9. The van der Waals surface area contributed by atoms with Crippen LogP contribution in [-0.4, -0.2) is 34.5 Å². The van der Waals surface area contributed by atoms with Crippen LogP contribution in [0.1, 0.15) is 31.5 Å². The fourth-order valence-electron chi connectivity index (χ4n) is 2.10. The molecule has 0 amide bonds. The van der Waals surface area contributed by atoms with Gasteiger partial charge >= 0.3 is 0 Å². The smallest absolute Gasteiger partial charge is 0.134 e. The third kappa shape index (κ3) is 2.84. The first-order valence-electron chi connectivity index (χ1n) is 5.61. The highest BCUT2D eigenvalue weighted by atomic mass is 35.5. The lowest BCUT2D eigenvalue weighted by Gasteiger charge is -2.30. The zero-order valence-corrected chi connectivity index (χ0v) is 10.8. The van der Waals surface area contributed by atoms with Crippen LogP contribution in [-0.2, 0) is 0 Å². The summed E-state index contributed by atoms with van der Waals surface area (Å²) in [4.78, 5) is 11.0. The molecule has 1 aromatic heterocycles. The van der Waals surface area contributed by atoms with Gasteiger partial charge in [0.05, 0.1) is 0 Å². The van der Waals surface area contributed by atoms with E-state index >= 15 is 0 Å². The van der Waals surface area contributed by atoms with E-state index in [-0.39, 0.29) is 0 Å². The van der Waals surface area contributed by atoms with Crippen LogP contribution in [0.25, 0.3) is 0 Å². The first-order chi connectivity index (χ1) is 7.69. The van der Waals surface area contributed by atoms with Gasteiger partial charge < -0.3 is 4.90 Å². The SMILES string of the molecule is CCN1CCC(c2nc(Cl)cc(Cl)n2)CC1. The van der Waals surface area contributed by atoms with Gasteiger partial charge in [-0.15, -0.1) is 0 Å². The molecule has 0 aliphatic carbocycles. The van der Waals surface area contributed by atoms with Crippen LogP contribution in [0.5, 0.6) is 0 Å². The van der Waals surface area contributed by atoms with Crippen LogP contribution >= 0.6 is 23.2 Å². The Morgan fingerprint density at radius 3 is 2.31 bits per heavy atom. The molecule has 3 nitrogen and oxygen atoms in total. The molecule has 1 aromatic rings. The molecule has 2 heterocycles. The fraction of sp³-hybridized carbons (Fsp3) is 0.636. The van der Waals surface area contributed by atoms with Crippen molar-refractivity contribution in [3.8, 4) is 0 Å². The molecule has 16 heavy (non-hydrogen) atoms. The summed E-state index contributed by atoms with van der Waals surface area (Å²) < 4.78 is 0. The van der Waals surface area contributed by atoms with Crippen molar-refractivity contribution in [2.24, 2.45) is 0 Å². The summed E-state index contributed by atoms with van der Waals surface area (Å²) >= 11 is 11.8. The number of rotatable bonds is 2. The van der Waals surface area contributed by atoms with Crippen molar-refractivity contribution in [2.45, 2.75) is 25.7 Å². The Labute approximate surface area is 106 Å². The zero-order chi connectivity index (χ0) is 11.5. The molecule has 1 aliphatic rings. The molecule has 5 heteroatoms. The predicted octanol–water partition coefficient (Wildman–Crippen LogP) is 2.98. The molecule has 2 rings (SSSR count). The Bertz CT molecular complexity index is 342. The largest absolute Gasteiger partial charge is 0.304 e. The Kier molecular flexibility index (Phi) is 4.00. The first kappa shape index (κ1) is 12.1. The van der Waals surface area contributed by atoms with Crippen molar-refractivity contribution in [3.05, 3.63) is 22.2 Å². The molecule has 0 spiro atoms. The highest BCUT2D eigenvalue weighted by Gasteiger charge is 2.22. The van der Waals surface area contributed by atoms with Gasteiger partial charge in [0.1, 0.15) is 16.1 Å². The van der Waals surface area contributed by atoms with Crippen LogP contribution in [0.4, 0.5) is 0 Å². The summed E-state index contributed by atoms with van der Waals surface area (Å²) in [7, 11) is 0. The maximum atomic E-state index is 5.88. The van der Waals surface area contributed by atoms with Crippen LogP contribution in [0, 0.1) is 0 Å². The summed E-state index contributed by atoms with van der Waals surface area (Å²) in [6, 6.07) is 1.58. The van der Waals surface area contributed by atoms with Gasteiger partial charge in [-0.2, -0.15) is 0 Å². The molecule has 88 valence electrons. The molecule has 1 fully saturated rings. The van der Waals surface area contributed by atoms with Crippen LogP contribution in [0.2, 0.25) is 10.3 Å². The number of hydrogen-bond donors (Lipinski definition) is 0. The maximum absolute atomic E-state index is 5.88. The summed E-state index contributed by atoms with van der Waals surface area (Å²) in [6.07, 6.45) is 2.18. The Morgan fingerprint density at radius 2 is 1.81 bits per heavy atom. The molecule has 0 aromatic carbocycles. The lowest BCUT2D eigenvalue weighted by atomic mass is 9.96. The van der Waals surface area contributed by atoms with Crippen LogP contribution in [0.3, 0.4) is 0 Å². The molecule has 1 aliphatic heterocycles. The summed E-state index contributed by atoms with van der Waals surface area (Å²) in [6.45, 7) is 5.51. The topological polar surface area (TPSA) is 29.0 Å². The highest BCUT2D eigenvalue weighted by Crippen LogP contribution is 2.27. The van der Waals surface area contributed by atoms with Crippen molar-refractivity contribution >= 4 is 23.2 Å².